The van der Waals surface area contributed by atoms with Gasteiger partial charge in [-0.15, -0.1) is 0 Å². The Labute approximate surface area is 117 Å². The van der Waals surface area contributed by atoms with E-state index in [2.05, 4.69) is 0 Å². The third-order valence-electron chi connectivity index (χ3n) is 2.98. The highest BCUT2D eigenvalue weighted by Crippen LogP contribution is 2.34. The van der Waals surface area contributed by atoms with Crippen molar-refractivity contribution in [1.82, 2.24) is 0 Å². The van der Waals surface area contributed by atoms with Crippen molar-refractivity contribution in [2.75, 3.05) is 0 Å². The highest BCUT2D eigenvalue weighted by Gasteiger charge is 2.33. The molecule has 21 heavy (non-hydrogen) atoms. The number of rotatable bonds is 3. The van der Waals surface area contributed by atoms with Crippen molar-refractivity contribution in [3.8, 4) is 11.1 Å². The van der Waals surface area contributed by atoms with Crippen LogP contribution < -0.4 is 0 Å². The lowest BCUT2D eigenvalue weighted by atomic mass is 9.98. The Hall–Kier alpha value is -2.24. The van der Waals surface area contributed by atoms with Gasteiger partial charge in [0.25, 0.3) is 6.43 Å². The third kappa shape index (κ3) is 3.26. The maximum absolute atomic E-state index is 12.8. The average Bonchev–Trinajstić information content (AvgIpc) is 2.45. The average molecular weight is 300 g/mol. The molecule has 0 unspecified atom stereocenters. The molecule has 1 nitrogen and oxygen atoms in total. The summed E-state index contributed by atoms with van der Waals surface area (Å²) in [5.74, 6) is 0. The second-order valence-corrected chi connectivity index (χ2v) is 4.34. The first kappa shape index (κ1) is 15.2. The van der Waals surface area contributed by atoms with Crippen molar-refractivity contribution in [1.29, 1.82) is 0 Å². The lowest BCUT2D eigenvalue weighted by Gasteiger charge is -2.12. The predicted octanol–water partition coefficient (Wildman–Crippen LogP) is 5.12. The Morgan fingerprint density at radius 3 is 1.95 bits per heavy atom. The van der Waals surface area contributed by atoms with Crippen molar-refractivity contribution in [2.24, 2.45) is 0 Å². The molecule has 0 heterocycles. The normalized spacial score (nSPS) is 11.7. The van der Waals surface area contributed by atoms with E-state index in [1.54, 1.807) is 0 Å². The molecule has 0 aromatic heterocycles. The summed E-state index contributed by atoms with van der Waals surface area (Å²) in [5.41, 5.74) is -1.15. The molecule has 0 spiro atoms. The van der Waals surface area contributed by atoms with Crippen LogP contribution in [0.5, 0.6) is 0 Å². The van der Waals surface area contributed by atoms with E-state index in [0.717, 1.165) is 24.3 Å². The Morgan fingerprint density at radius 2 is 1.48 bits per heavy atom. The quantitative estimate of drug-likeness (QED) is 0.568. The molecule has 2 aromatic rings. The Balaban J connectivity index is 2.47. The predicted molar refractivity (Wildman–Crippen MR) is 67.2 cm³/mol. The van der Waals surface area contributed by atoms with Crippen LogP contribution in [0.3, 0.4) is 0 Å². The van der Waals surface area contributed by atoms with E-state index in [-0.39, 0.29) is 17.4 Å². The Morgan fingerprint density at radius 1 is 0.905 bits per heavy atom. The van der Waals surface area contributed by atoms with Crippen molar-refractivity contribution >= 4 is 6.29 Å². The fraction of sp³-hybridized carbons (Fsp3) is 0.133. The molecule has 0 saturated carbocycles. The van der Waals surface area contributed by atoms with Crippen molar-refractivity contribution in [3.05, 3.63) is 59.2 Å². The minimum absolute atomic E-state index is 0.131. The van der Waals surface area contributed by atoms with E-state index >= 15 is 0 Å². The minimum atomic E-state index is -4.66. The SMILES string of the molecule is O=Cc1ccc(-c2ccc(C(F)F)cc2)cc1C(F)(F)F. The van der Waals surface area contributed by atoms with Crippen LogP contribution in [0.2, 0.25) is 0 Å². The monoisotopic (exact) mass is 300 g/mol. The maximum atomic E-state index is 12.8. The first-order valence-electron chi connectivity index (χ1n) is 5.88. The molecule has 0 aliphatic carbocycles. The fourth-order valence-corrected chi connectivity index (χ4v) is 1.91. The zero-order valence-corrected chi connectivity index (χ0v) is 10.5. The molecule has 6 heteroatoms. The van der Waals surface area contributed by atoms with Gasteiger partial charge in [-0.3, -0.25) is 4.79 Å². The van der Waals surface area contributed by atoms with E-state index in [4.69, 9.17) is 0 Å². The molecule has 2 rings (SSSR count). The number of carbonyl (C=O) groups is 1. The lowest BCUT2D eigenvalue weighted by molar-refractivity contribution is -0.137. The summed E-state index contributed by atoms with van der Waals surface area (Å²) in [5, 5.41) is 0. The van der Waals surface area contributed by atoms with Crippen LogP contribution in [0.15, 0.2) is 42.5 Å². The third-order valence-corrected chi connectivity index (χ3v) is 2.98. The van der Waals surface area contributed by atoms with Crippen molar-refractivity contribution < 1.29 is 26.7 Å². The lowest BCUT2D eigenvalue weighted by Crippen LogP contribution is -2.09. The topological polar surface area (TPSA) is 17.1 Å². The largest absolute Gasteiger partial charge is 0.417 e. The van der Waals surface area contributed by atoms with E-state index < -0.39 is 23.7 Å². The van der Waals surface area contributed by atoms with Crippen LogP contribution >= 0.6 is 0 Å². The Bertz CT molecular complexity index is 644. The summed E-state index contributed by atoms with van der Waals surface area (Å²) in [4.78, 5) is 10.7. The van der Waals surface area contributed by atoms with Gasteiger partial charge in [0.1, 0.15) is 0 Å². The summed E-state index contributed by atoms with van der Waals surface area (Å²) >= 11 is 0. The molecule has 0 fully saturated rings. The number of aldehydes is 1. The van der Waals surface area contributed by atoms with Gasteiger partial charge in [0.2, 0.25) is 0 Å². The number of hydrogen-bond acceptors (Lipinski definition) is 1. The van der Waals surface area contributed by atoms with Gasteiger partial charge in [-0.25, -0.2) is 8.78 Å². The molecular formula is C15H9F5O. The first-order valence-corrected chi connectivity index (χ1v) is 5.88. The van der Waals surface area contributed by atoms with Gasteiger partial charge in [0.05, 0.1) is 5.56 Å². The number of benzene rings is 2. The smallest absolute Gasteiger partial charge is 0.298 e. The molecule has 0 N–H and O–H groups in total. The van der Waals surface area contributed by atoms with Crippen LogP contribution in [-0.4, -0.2) is 6.29 Å². The van der Waals surface area contributed by atoms with Crippen molar-refractivity contribution in [3.63, 3.8) is 0 Å². The second kappa shape index (κ2) is 5.63. The molecule has 0 aliphatic heterocycles. The van der Waals surface area contributed by atoms with Gasteiger partial charge in [-0.05, 0) is 17.2 Å². The van der Waals surface area contributed by atoms with E-state index in [1.807, 2.05) is 0 Å². The molecule has 0 atom stereocenters. The van der Waals surface area contributed by atoms with Gasteiger partial charge in [0.15, 0.2) is 6.29 Å². The molecular weight excluding hydrogens is 291 g/mol. The molecule has 0 aliphatic rings. The van der Waals surface area contributed by atoms with E-state index in [9.17, 15) is 26.7 Å². The van der Waals surface area contributed by atoms with Gasteiger partial charge in [-0.1, -0.05) is 36.4 Å². The Kier molecular flexibility index (Phi) is 4.06. The molecule has 2 aromatic carbocycles. The first-order chi connectivity index (χ1) is 9.82. The van der Waals surface area contributed by atoms with Crippen LogP contribution in [0.25, 0.3) is 11.1 Å². The highest BCUT2D eigenvalue weighted by molar-refractivity contribution is 5.80. The van der Waals surface area contributed by atoms with Crippen molar-refractivity contribution in [2.45, 2.75) is 12.6 Å². The van der Waals surface area contributed by atoms with E-state index in [1.165, 1.54) is 18.2 Å². The summed E-state index contributed by atoms with van der Waals surface area (Å²) < 4.78 is 63.4. The zero-order valence-electron chi connectivity index (χ0n) is 10.5. The number of alkyl halides is 5. The van der Waals surface area contributed by atoms with Crippen LogP contribution in [0.4, 0.5) is 22.0 Å². The molecule has 0 amide bonds. The molecule has 110 valence electrons. The summed E-state index contributed by atoms with van der Waals surface area (Å²) in [7, 11) is 0. The van der Waals surface area contributed by atoms with E-state index in [0.29, 0.717) is 5.56 Å². The second-order valence-electron chi connectivity index (χ2n) is 4.34. The van der Waals surface area contributed by atoms with Gasteiger partial charge in [-0.2, -0.15) is 13.2 Å². The molecule has 0 bridgehead atoms. The fourth-order valence-electron chi connectivity index (χ4n) is 1.91. The highest BCUT2D eigenvalue weighted by atomic mass is 19.4. The number of carbonyl (C=O) groups excluding carboxylic acids is 1. The number of hydrogen-bond donors (Lipinski definition) is 0. The van der Waals surface area contributed by atoms with Crippen LogP contribution in [0, 0.1) is 0 Å². The van der Waals surface area contributed by atoms with Gasteiger partial charge < -0.3 is 0 Å². The summed E-state index contributed by atoms with van der Waals surface area (Å²) in [6.07, 6.45) is -7.16. The number of halogens is 5. The van der Waals surface area contributed by atoms with Gasteiger partial charge in [0, 0.05) is 11.1 Å². The van der Waals surface area contributed by atoms with Crippen LogP contribution in [-0.2, 0) is 6.18 Å². The molecule has 0 saturated heterocycles. The van der Waals surface area contributed by atoms with Gasteiger partial charge >= 0.3 is 6.18 Å². The summed E-state index contributed by atoms with van der Waals surface area (Å²) in [6.45, 7) is 0. The minimum Gasteiger partial charge on any atom is -0.298 e. The standard InChI is InChI=1S/C15H9F5O/c16-14(17)10-3-1-9(2-4-10)11-5-6-12(8-21)13(7-11)15(18,19)20/h1-8,14H. The molecule has 0 radical (unpaired) electrons. The maximum Gasteiger partial charge on any atom is 0.417 e. The summed E-state index contributed by atoms with van der Waals surface area (Å²) in [6, 6.07) is 8.18. The van der Waals surface area contributed by atoms with Crippen LogP contribution in [0.1, 0.15) is 27.9 Å². The zero-order chi connectivity index (χ0) is 15.6.